The predicted molar refractivity (Wildman–Crippen MR) is 135 cm³/mol. The van der Waals surface area contributed by atoms with Gasteiger partial charge in [-0.05, 0) is 41.2 Å². The Morgan fingerprint density at radius 2 is 1.61 bits per heavy atom. The fourth-order valence-corrected chi connectivity index (χ4v) is 5.34. The largest absolute Gasteiger partial charge is 0.345 e. The van der Waals surface area contributed by atoms with Gasteiger partial charge in [-0.15, -0.1) is 11.8 Å². The molecule has 170 valence electrons. The molecule has 1 aliphatic heterocycles. The van der Waals surface area contributed by atoms with Gasteiger partial charge in [0, 0.05) is 12.1 Å². The van der Waals surface area contributed by atoms with Gasteiger partial charge in [0.25, 0.3) is 5.91 Å². The molecule has 0 aliphatic carbocycles. The fraction of sp³-hybridized carbons (Fsp3) is 0.286. The number of nitrogens with zero attached hydrogens (tertiary/aromatic N) is 1. The molecule has 1 N–H and O–H groups in total. The van der Waals surface area contributed by atoms with Crippen LogP contribution >= 0.6 is 11.8 Å². The van der Waals surface area contributed by atoms with Crippen LogP contribution in [0.15, 0.2) is 84.9 Å². The lowest BCUT2D eigenvalue weighted by Crippen LogP contribution is -2.29. The standard InChI is InChI=1S/C28H30N2O2S/c1-20(2)17-25(22-11-7-4-8-12-22)29-27(32)23-13-15-24(16-14-23)28-30(26(31)19-33-28)18-21-9-5-3-6-10-21/h3-16,20,25,28H,17-19H2,1-2H3,(H,29,32)/t25-,28-/m1/s1. The lowest BCUT2D eigenvalue weighted by Gasteiger charge is -2.25. The molecule has 0 saturated carbocycles. The van der Waals surface area contributed by atoms with Crippen molar-refractivity contribution in [1.82, 2.24) is 10.2 Å². The molecule has 4 nitrogen and oxygen atoms in total. The molecule has 1 saturated heterocycles. The molecule has 5 heteroatoms. The Labute approximate surface area is 200 Å². The number of nitrogens with one attached hydrogen (secondary N) is 1. The minimum absolute atomic E-state index is 0.0252. The lowest BCUT2D eigenvalue weighted by atomic mass is 9.96. The van der Waals surface area contributed by atoms with E-state index in [1.165, 1.54) is 0 Å². The number of amides is 2. The Morgan fingerprint density at radius 3 is 2.24 bits per heavy atom. The van der Waals surface area contributed by atoms with Gasteiger partial charge >= 0.3 is 0 Å². The van der Waals surface area contributed by atoms with Gasteiger partial charge in [-0.25, -0.2) is 0 Å². The summed E-state index contributed by atoms with van der Waals surface area (Å²) in [6, 6.07) is 27.8. The highest BCUT2D eigenvalue weighted by Gasteiger charge is 2.32. The second kappa shape index (κ2) is 10.7. The quantitative estimate of drug-likeness (QED) is 0.452. The van der Waals surface area contributed by atoms with E-state index in [1.54, 1.807) is 11.8 Å². The van der Waals surface area contributed by atoms with Crippen molar-refractivity contribution < 1.29 is 9.59 Å². The molecule has 0 bridgehead atoms. The van der Waals surface area contributed by atoms with Gasteiger partial charge in [0.2, 0.25) is 5.91 Å². The maximum Gasteiger partial charge on any atom is 0.251 e. The van der Waals surface area contributed by atoms with E-state index in [2.05, 4.69) is 31.3 Å². The SMILES string of the molecule is CC(C)C[C@@H](NC(=O)c1ccc([C@H]2SCC(=O)N2Cc2ccccc2)cc1)c1ccccc1. The Morgan fingerprint density at radius 1 is 0.970 bits per heavy atom. The summed E-state index contributed by atoms with van der Waals surface area (Å²) < 4.78 is 0. The first kappa shape index (κ1) is 23.1. The second-order valence-corrected chi connectivity index (χ2v) is 9.93. The molecule has 3 aromatic rings. The average Bonchev–Trinajstić information content (AvgIpc) is 3.19. The highest BCUT2D eigenvalue weighted by molar-refractivity contribution is 8.00. The van der Waals surface area contributed by atoms with Crippen molar-refractivity contribution in [2.75, 3.05) is 5.75 Å². The van der Waals surface area contributed by atoms with Crippen LogP contribution in [0.5, 0.6) is 0 Å². The number of benzene rings is 3. The van der Waals surface area contributed by atoms with Crippen molar-refractivity contribution in [3.8, 4) is 0 Å². The molecule has 2 atom stereocenters. The first-order valence-electron chi connectivity index (χ1n) is 11.4. The molecule has 1 aliphatic rings. The van der Waals surface area contributed by atoms with Gasteiger partial charge in [-0.2, -0.15) is 0 Å². The number of hydrogen-bond acceptors (Lipinski definition) is 3. The maximum atomic E-state index is 13.0. The van der Waals surface area contributed by atoms with Gasteiger partial charge in [0.1, 0.15) is 5.37 Å². The third-order valence-corrected chi connectivity index (χ3v) is 7.09. The minimum Gasteiger partial charge on any atom is -0.345 e. The molecule has 33 heavy (non-hydrogen) atoms. The zero-order valence-electron chi connectivity index (χ0n) is 19.1. The Bertz CT molecular complexity index is 1070. The van der Waals surface area contributed by atoms with E-state index in [4.69, 9.17) is 0 Å². The van der Waals surface area contributed by atoms with E-state index in [1.807, 2.05) is 77.7 Å². The summed E-state index contributed by atoms with van der Waals surface area (Å²) >= 11 is 1.64. The van der Waals surface area contributed by atoms with Crippen LogP contribution in [0.25, 0.3) is 0 Å². The molecular weight excluding hydrogens is 428 g/mol. The summed E-state index contributed by atoms with van der Waals surface area (Å²) in [7, 11) is 0. The Hall–Kier alpha value is -3.05. The summed E-state index contributed by atoms with van der Waals surface area (Å²) in [5, 5.41) is 3.18. The molecule has 3 aromatic carbocycles. The van der Waals surface area contributed by atoms with Crippen molar-refractivity contribution in [2.24, 2.45) is 5.92 Å². The molecule has 2 amide bonds. The molecule has 0 spiro atoms. The van der Waals surface area contributed by atoms with E-state index in [-0.39, 0.29) is 23.2 Å². The van der Waals surface area contributed by atoms with Crippen molar-refractivity contribution in [3.05, 3.63) is 107 Å². The summed E-state index contributed by atoms with van der Waals surface area (Å²) in [6.45, 7) is 4.92. The zero-order chi connectivity index (χ0) is 23.2. The van der Waals surface area contributed by atoms with Crippen LogP contribution in [-0.4, -0.2) is 22.5 Å². The summed E-state index contributed by atoms with van der Waals surface area (Å²) in [6.07, 6.45) is 0.878. The first-order valence-corrected chi connectivity index (χ1v) is 12.5. The molecule has 1 heterocycles. The van der Waals surface area contributed by atoms with Crippen LogP contribution in [-0.2, 0) is 11.3 Å². The molecule has 4 rings (SSSR count). The molecule has 0 unspecified atom stereocenters. The van der Waals surface area contributed by atoms with Crippen molar-refractivity contribution in [1.29, 1.82) is 0 Å². The van der Waals surface area contributed by atoms with Gasteiger partial charge in [-0.1, -0.05) is 86.6 Å². The van der Waals surface area contributed by atoms with E-state index in [0.29, 0.717) is 23.8 Å². The van der Waals surface area contributed by atoms with Gasteiger partial charge in [0.05, 0.1) is 11.8 Å². The normalized spacial score (nSPS) is 16.8. The third kappa shape index (κ3) is 5.85. The van der Waals surface area contributed by atoms with Crippen molar-refractivity contribution >= 4 is 23.6 Å². The lowest BCUT2D eigenvalue weighted by molar-refractivity contribution is -0.128. The molecular formula is C28H30N2O2S. The van der Waals surface area contributed by atoms with Gasteiger partial charge < -0.3 is 10.2 Å². The van der Waals surface area contributed by atoms with E-state index in [0.717, 1.165) is 23.1 Å². The second-order valence-electron chi connectivity index (χ2n) is 8.86. The number of carbonyl (C=O) groups excluding carboxylic acids is 2. The van der Waals surface area contributed by atoms with Crippen LogP contribution < -0.4 is 5.32 Å². The number of hydrogen-bond donors (Lipinski definition) is 1. The summed E-state index contributed by atoms with van der Waals surface area (Å²) in [5.41, 5.74) is 3.91. The fourth-order valence-electron chi connectivity index (χ4n) is 4.16. The van der Waals surface area contributed by atoms with Crippen LogP contribution in [0.1, 0.15) is 58.7 Å². The highest BCUT2D eigenvalue weighted by Crippen LogP contribution is 2.39. The molecule has 0 radical (unpaired) electrons. The highest BCUT2D eigenvalue weighted by atomic mass is 32.2. The zero-order valence-corrected chi connectivity index (χ0v) is 19.9. The molecule has 0 aromatic heterocycles. The van der Waals surface area contributed by atoms with Crippen LogP contribution in [0.4, 0.5) is 0 Å². The minimum atomic E-state index is -0.0765. The third-order valence-electron chi connectivity index (χ3n) is 5.84. The smallest absolute Gasteiger partial charge is 0.251 e. The average molecular weight is 459 g/mol. The summed E-state index contributed by atoms with van der Waals surface area (Å²) in [4.78, 5) is 27.5. The maximum absolute atomic E-state index is 13.0. The van der Waals surface area contributed by atoms with Crippen LogP contribution in [0, 0.1) is 5.92 Å². The van der Waals surface area contributed by atoms with Crippen LogP contribution in [0.2, 0.25) is 0 Å². The van der Waals surface area contributed by atoms with Crippen molar-refractivity contribution in [3.63, 3.8) is 0 Å². The predicted octanol–water partition coefficient (Wildman–Crippen LogP) is 5.98. The molecule has 1 fully saturated rings. The van der Waals surface area contributed by atoms with Crippen LogP contribution in [0.3, 0.4) is 0 Å². The van der Waals surface area contributed by atoms with Crippen molar-refractivity contribution in [2.45, 2.75) is 38.2 Å². The van der Waals surface area contributed by atoms with E-state index >= 15 is 0 Å². The Balaban J connectivity index is 1.46. The van der Waals surface area contributed by atoms with E-state index in [9.17, 15) is 9.59 Å². The topological polar surface area (TPSA) is 49.4 Å². The first-order chi connectivity index (χ1) is 16.0. The van der Waals surface area contributed by atoms with Gasteiger partial charge in [0.15, 0.2) is 0 Å². The van der Waals surface area contributed by atoms with E-state index < -0.39 is 0 Å². The Kier molecular flexibility index (Phi) is 7.50. The van der Waals surface area contributed by atoms with Gasteiger partial charge in [-0.3, -0.25) is 9.59 Å². The number of rotatable bonds is 8. The number of thioether (sulfide) groups is 1. The summed E-state index contributed by atoms with van der Waals surface area (Å²) in [5.74, 6) is 1.01. The monoisotopic (exact) mass is 458 g/mol. The number of carbonyl (C=O) groups is 2.